The van der Waals surface area contributed by atoms with Crippen LogP contribution >= 0.6 is 28.5 Å². The van der Waals surface area contributed by atoms with E-state index >= 15 is 0 Å². The highest BCUT2D eigenvalue weighted by molar-refractivity contribution is 14.2. The SMILES string of the molecule is CCCC[C@H]1C(=O)N[C@H](C(=O)NCc2ccc(F)cc2)Cc2ccc(cc2)OCCC[C@@H]1C(=O)NOPI. The monoisotopic (exact) mass is 657 g/mol. The van der Waals surface area contributed by atoms with Crippen molar-refractivity contribution >= 4 is 46.2 Å². The van der Waals surface area contributed by atoms with Crippen molar-refractivity contribution in [1.29, 1.82) is 0 Å². The van der Waals surface area contributed by atoms with Crippen LogP contribution in [0, 0.1) is 17.7 Å². The van der Waals surface area contributed by atoms with Gasteiger partial charge in [-0.2, -0.15) is 0 Å². The molecule has 0 spiro atoms. The number of hydrogen-bond acceptors (Lipinski definition) is 5. The summed E-state index contributed by atoms with van der Waals surface area (Å²) >= 11 is 2.01. The fourth-order valence-corrected chi connectivity index (χ4v) is 4.92. The standard InChI is InChI=1S/C27H34FIN3O5P/c1-2-3-5-22-23(26(34)32-37-38-29)6-4-15-36-21-13-9-18(10-14-21)16-24(31-25(22)33)27(35)30-17-19-7-11-20(28)12-8-19/h7-14,22-24,38H,2-6,15-17H2,1H3,(H,30,35)(H,31,33)(H,32,34)/t22-,23+,24+/m1/s1. The lowest BCUT2D eigenvalue weighted by Gasteiger charge is -2.28. The second-order valence-electron chi connectivity index (χ2n) is 9.24. The van der Waals surface area contributed by atoms with E-state index in [9.17, 15) is 18.8 Å². The number of halogens is 2. The molecule has 0 saturated heterocycles. The third-order valence-electron chi connectivity index (χ3n) is 6.52. The van der Waals surface area contributed by atoms with Crippen molar-refractivity contribution in [3.63, 3.8) is 0 Å². The van der Waals surface area contributed by atoms with Gasteiger partial charge in [0.1, 0.15) is 24.1 Å². The number of carbonyl (C=O) groups is 3. The van der Waals surface area contributed by atoms with Gasteiger partial charge in [-0.3, -0.25) is 14.4 Å². The molecule has 2 aromatic carbocycles. The average molecular weight is 657 g/mol. The van der Waals surface area contributed by atoms with E-state index in [0.29, 0.717) is 31.6 Å². The smallest absolute Gasteiger partial charge is 0.247 e. The molecular weight excluding hydrogens is 623 g/mol. The second kappa shape index (κ2) is 16.0. The van der Waals surface area contributed by atoms with E-state index in [-0.39, 0.29) is 43.0 Å². The quantitative estimate of drug-likeness (QED) is 0.205. The van der Waals surface area contributed by atoms with Crippen molar-refractivity contribution in [2.24, 2.45) is 11.8 Å². The minimum atomic E-state index is -0.863. The topological polar surface area (TPSA) is 106 Å². The summed E-state index contributed by atoms with van der Waals surface area (Å²) in [6, 6.07) is 12.4. The van der Waals surface area contributed by atoms with Gasteiger partial charge in [0, 0.05) is 18.9 Å². The molecule has 0 aromatic heterocycles. The molecule has 2 aliphatic heterocycles. The number of unbranched alkanes of at least 4 members (excludes halogenated alkanes) is 1. The van der Waals surface area contributed by atoms with Gasteiger partial charge in [-0.15, -0.1) is 0 Å². The van der Waals surface area contributed by atoms with Crippen LogP contribution in [0.5, 0.6) is 5.75 Å². The molecule has 2 aromatic rings. The summed E-state index contributed by atoms with van der Waals surface area (Å²) in [7, 11) is 0. The third kappa shape index (κ3) is 9.47. The molecule has 0 saturated carbocycles. The number of nitrogens with one attached hydrogen (secondary N) is 3. The molecule has 0 radical (unpaired) electrons. The fraction of sp³-hybridized carbons (Fsp3) is 0.444. The zero-order valence-electron chi connectivity index (χ0n) is 21.3. The summed E-state index contributed by atoms with van der Waals surface area (Å²) < 4.78 is 24.3. The van der Waals surface area contributed by atoms with Crippen LogP contribution in [0.4, 0.5) is 4.39 Å². The predicted molar refractivity (Wildman–Crippen MR) is 153 cm³/mol. The average Bonchev–Trinajstić information content (AvgIpc) is 2.92. The zero-order chi connectivity index (χ0) is 27.3. The highest BCUT2D eigenvalue weighted by atomic mass is 127. The molecular formula is C27H34FIN3O5P. The summed E-state index contributed by atoms with van der Waals surface area (Å²) in [6.45, 7) is 2.67. The lowest BCUT2D eigenvalue weighted by atomic mass is 9.83. The van der Waals surface area contributed by atoms with Crippen LogP contribution in [0.1, 0.15) is 50.2 Å². The largest absolute Gasteiger partial charge is 0.494 e. The number of ether oxygens (including phenoxy) is 1. The van der Waals surface area contributed by atoms with Crippen LogP contribution in [0.2, 0.25) is 0 Å². The molecule has 4 atom stereocenters. The van der Waals surface area contributed by atoms with Gasteiger partial charge in [0.25, 0.3) is 0 Å². The van der Waals surface area contributed by atoms with Gasteiger partial charge in [-0.05, 0) is 76.7 Å². The molecule has 2 aliphatic rings. The Morgan fingerprint density at radius 3 is 2.58 bits per heavy atom. The summed E-state index contributed by atoms with van der Waals surface area (Å²) in [5, 5.41) is 5.79. The minimum absolute atomic E-state index is 0.0410. The highest BCUT2D eigenvalue weighted by Crippen LogP contribution is 2.27. The van der Waals surface area contributed by atoms with Gasteiger partial charge < -0.3 is 15.4 Å². The Morgan fingerprint density at radius 2 is 1.89 bits per heavy atom. The van der Waals surface area contributed by atoms with Crippen LogP contribution in [0.25, 0.3) is 0 Å². The van der Waals surface area contributed by atoms with Crippen LogP contribution in [0.3, 0.4) is 0 Å². The summed E-state index contributed by atoms with van der Waals surface area (Å²) in [5.74, 6) is -1.97. The van der Waals surface area contributed by atoms with Gasteiger partial charge in [0.05, 0.1) is 12.5 Å². The van der Waals surface area contributed by atoms with E-state index in [2.05, 4.69) is 16.1 Å². The molecule has 3 N–H and O–H groups in total. The van der Waals surface area contributed by atoms with Crippen molar-refractivity contribution in [1.82, 2.24) is 16.1 Å². The first kappa shape index (κ1) is 30.2. The molecule has 206 valence electrons. The maximum absolute atomic E-state index is 13.7. The van der Waals surface area contributed by atoms with Crippen molar-refractivity contribution in [2.75, 3.05) is 6.61 Å². The molecule has 2 heterocycles. The summed E-state index contributed by atoms with van der Waals surface area (Å²) in [5.41, 5.74) is 4.07. The van der Waals surface area contributed by atoms with Gasteiger partial charge >= 0.3 is 0 Å². The number of carbonyl (C=O) groups excluding carboxylic acids is 3. The van der Waals surface area contributed by atoms with Gasteiger partial charge in [-0.25, -0.2) is 14.5 Å². The fourth-order valence-electron chi connectivity index (χ4n) is 4.45. The Morgan fingerprint density at radius 1 is 1.16 bits per heavy atom. The van der Waals surface area contributed by atoms with E-state index in [1.54, 1.807) is 12.1 Å². The summed E-state index contributed by atoms with van der Waals surface area (Å²) in [6.07, 6.45) is 3.39. The van der Waals surface area contributed by atoms with Crippen LogP contribution in [0.15, 0.2) is 48.5 Å². The molecule has 38 heavy (non-hydrogen) atoms. The predicted octanol–water partition coefficient (Wildman–Crippen LogP) is 4.76. The van der Waals surface area contributed by atoms with Crippen molar-refractivity contribution in [3.05, 3.63) is 65.5 Å². The second-order valence-corrected chi connectivity index (χ2v) is 10.9. The Kier molecular flexibility index (Phi) is 12.7. The number of hydrogen-bond donors (Lipinski definition) is 3. The molecule has 8 nitrogen and oxygen atoms in total. The first-order chi connectivity index (χ1) is 18.4. The number of amides is 3. The Balaban J connectivity index is 1.86. The van der Waals surface area contributed by atoms with E-state index in [1.165, 1.54) is 12.1 Å². The molecule has 2 bridgehead atoms. The molecule has 4 rings (SSSR count). The lowest BCUT2D eigenvalue weighted by Crippen LogP contribution is -2.51. The van der Waals surface area contributed by atoms with Gasteiger partial charge in [0.2, 0.25) is 17.7 Å². The van der Waals surface area contributed by atoms with Gasteiger partial charge in [0.15, 0.2) is 0 Å². The maximum atomic E-state index is 13.7. The first-order valence-corrected chi connectivity index (χ1v) is 16.8. The lowest BCUT2D eigenvalue weighted by molar-refractivity contribution is -0.140. The number of fused-ring (bicyclic) bond motifs is 11. The molecule has 1 unspecified atom stereocenters. The van der Waals surface area contributed by atoms with E-state index in [0.717, 1.165) is 24.0 Å². The summed E-state index contributed by atoms with van der Waals surface area (Å²) in [4.78, 5) is 40.0. The van der Waals surface area contributed by atoms with Crippen LogP contribution in [-0.2, 0) is 32.0 Å². The van der Waals surface area contributed by atoms with Crippen molar-refractivity contribution in [2.45, 2.75) is 58.0 Å². The van der Waals surface area contributed by atoms with E-state index in [1.807, 2.05) is 53.2 Å². The Bertz CT molecular complexity index is 1060. The van der Waals surface area contributed by atoms with Crippen LogP contribution < -0.4 is 20.9 Å². The molecule has 0 fully saturated rings. The van der Waals surface area contributed by atoms with E-state index in [4.69, 9.17) is 9.36 Å². The molecule has 0 aliphatic carbocycles. The van der Waals surface area contributed by atoms with Crippen molar-refractivity contribution < 1.29 is 28.1 Å². The van der Waals surface area contributed by atoms with Crippen LogP contribution in [-0.4, -0.2) is 30.4 Å². The van der Waals surface area contributed by atoms with E-state index < -0.39 is 17.9 Å². The third-order valence-corrected chi connectivity index (χ3v) is 7.36. The zero-order valence-corrected chi connectivity index (χ0v) is 24.5. The molecule has 11 heteroatoms. The number of rotatable bonds is 9. The Labute approximate surface area is 237 Å². The molecule has 3 amide bonds. The van der Waals surface area contributed by atoms with Crippen molar-refractivity contribution in [3.8, 4) is 5.75 Å². The number of hydroxylamine groups is 1. The Hall–Kier alpha value is -2.30. The number of benzene rings is 2. The van der Waals surface area contributed by atoms with Gasteiger partial charge in [-0.1, -0.05) is 44.0 Å². The first-order valence-electron chi connectivity index (χ1n) is 12.8. The highest BCUT2D eigenvalue weighted by Gasteiger charge is 2.35. The normalized spacial score (nSPS) is 20.4. The minimum Gasteiger partial charge on any atom is -0.494 e. The maximum Gasteiger partial charge on any atom is 0.247 e.